The van der Waals surface area contributed by atoms with Crippen LogP contribution in [0.2, 0.25) is 0 Å². The molecule has 7 heteroatoms. The largest absolute Gasteiger partial charge is 0.278 e. The first kappa shape index (κ1) is 9.88. The molecule has 1 heterocycles. The average molecular weight is 274 g/mol. The molecule has 0 bridgehead atoms. The Bertz CT molecular complexity index is 388. The number of aromatic nitrogens is 1. The Balaban J connectivity index is 3.37. The molecule has 1 rings (SSSR count). The number of hydrogen-bond acceptors (Lipinski definition) is 3. The molecule has 0 aromatic carbocycles. The van der Waals surface area contributed by atoms with Gasteiger partial charge in [-0.3, -0.25) is 0 Å². The van der Waals surface area contributed by atoms with E-state index in [4.69, 9.17) is 10.7 Å². The Morgan fingerprint density at radius 3 is 2.50 bits per heavy atom. The molecule has 0 saturated heterocycles. The maximum atomic E-state index is 12.5. The Hall–Kier alpha value is -0.200. The standard InChI is InChI=1S/C5H2BrClFNO2S/c6-3-1-4(8)9-5(2-3)12(7,10)11/h1-2H. The second kappa shape index (κ2) is 3.27. The fraction of sp³-hybridized carbons (Fsp3) is 0. The predicted molar refractivity (Wildman–Crippen MR) is 44.9 cm³/mol. The van der Waals surface area contributed by atoms with Gasteiger partial charge < -0.3 is 0 Å². The van der Waals surface area contributed by atoms with E-state index >= 15 is 0 Å². The lowest BCUT2D eigenvalue weighted by Crippen LogP contribution is -1.96. The summed E-state index contributed by atoms with van der Waals surface area (Å²) in [5.74, 6) is -0.899. The lowest BCUT2D eigenvalue weighted by Gasteiger charge is -1.95. The van der Waals surface area contributed by atoms with E-state index in [0.29, 0.717) is 0 Å². The number of rotatable bonds is 1. The minimum absolute atomic E-state index is 0.272. The third kappa shape index (κ3) is 2.40. The van der Waals surface area contributed by atoms with Crippen molar-refractivity contribution in [3.8, 4) is 0 Å². The van der Waals surface area contributed by atoms with Gasteiger partial charge in [-0.25, -0.2) is 13.4 Å². The Kier molecular flexibility index (Phi) is 2.70. The summed E-state index contributed by atoms with van der Waals surface area (Å²) in [4.78, 5) is 3.09. The predicted octanol–water partition coefficient (Wildman–Crippen LogP) is 1.91. The summed E-state index contributed by atoms with van der Waals surface area (Å²) in [5.41, 5.74) is 0. The van der Waals surface area contributed by atoms with Crippen LogP contribution in [0.5, 0.6) is 0 Å². The Labute approximate surface area is 81.1 Å². The van der Waals surface area contributed by atoms with Crippen molar-refractivity contribution in [2.75, 3.05) is 0 Å². The summed E-state index contributed by atoms with van der Waals surface area (Å²) in [5, 5.41) is -0.504. The maximum absolute atomic E-state index is 12.5. The van der Waals surface area contributed by atoms with E-state index in [2.05, 4.69) is 20.9 Å². The molecule has 0 N–H and O–H groups in total. The van der Waals surface area contributed by atoms with Gasteiger partial charge in [0, 0.05) is 21.2 Å². The van der Waals surface area contributed by atoms with Crippen LogP contribution in [0.3, 0.4) is 0 Å². The van der Waals surface area contributed by atoms with Crippen molar-refractivity contribution in [2.45, 2.75) is 5.03 Å². The number of halogens is 3. The second-order valence-corrected chi connectivity index (χ2v) is 5.31. The van der Waals surface area contributed by atoms with Crippen molar-refractivity contribution in [2.24, 2.45) is 0 Å². The smallest absolute Gasteiger partial charge is 0.207 e. The average Bonchev–Trinajstić information content (AvgIpc) is 1.82. The minimum atomic E-state index is -3.96. The summed E-state index contributed by atoms with van der Waals surface area (Å²) < 4.78 is 34.1. The monoisotopic (exact) mass is 273 g/mol. The van der Waals surface area contributed by atoms with Crippen molar-refractivity contribution < 1.29 is 12.8 Å². The zero-order valence-electron chi connectivity index (χ0n) is 5.46. The van der Waals surface area contributed by atoms with E-state index < -0.39 is 20.0 Å². The highest BCUT2D eigenvalue weighted by atomic mass is 79.9. The molecule has 0 aliphatic carbocycles. The SMILES string of the molecule is O=S(=O)(Cl)c1cc(Br)cc(F)n1. The normalized spacial score (nSPS) is 11.6. The molecular weight excluding hydrogens is 272 g/mol. The highest BCUT2D eigenvalue weighted by Crippen LogP contribution is 2.18. The van der Waals surface area contributed by atoms with Gasteiger partial charge in [-0.1, -0.05) is 15.9 Å². The van der Waals surface area contributed by atoms with Crippen LogP contribution in [-0.2, 0) is 9.05 Å². The molecule has 0 amide bonds. The first-order chi connectivity index (χ1) is 5.39. The van der Waals surface area contributed by atoms with Crippen LogP contribution in [-0.4, -0.2) is 13.4 Å². The minimum Gasteiger partial charge on any atom is -0.207 e. The molecule has 0 fully saturated rings. The van der Waals surface area contributed by atoms with Gasteiger partial charge in [-0.15, -0.1) is 0 Å². The molecule has 0 unspecified atom stereocenters. The molecule has 0 saturated carbocycles. The van der Waals surface area contributed by atoms with Crippen LogP contribution in [0, 0.1) is 5.95 Å². The number of nitrogens with zero attached hydrogens (tertiary/aromatic N) is 1. The summed E-state index contributed by atoms with van der Waals surface area (Å²) in [6.45, 7) is 0. The van der Waals surface area contributed by atoms with Crippen LogP contribution >= 0.6 is 26.6 Å². The highest BCUT2D eigenvalue weighted by molar-refractivity contribution is 9.10. The van der Waals surface area contributed by atoms with Crippen molar-refractivity contribution in [3.63, 3.8) is 0 Å². The van der Waals surface area contributed by atoms with E-state index in [0.717, 1.165) is 12.1 Å². The van der Waals surface area contributed by atoms with E-state index in [1.807, 2.05) is 0 Å². The van der Waals surface area contributed by atoms with Gasteiger partial charge >= 0.3 is 0 Å². The quantitative estimate of drug-likeness (QED) is 0.580. The Morgan fingerprint density at radius 1 is 1.50 bits per heavy atom. The molecule has 66 valence electrons. The third-order valence-electron chi connectivity index (χ3n) is 0.985. The number of hydrogen-bond donors (Lipinski definition) is 0. The van der Waals surface area contributed by atoms with Crippen molar-refractivity contribution in [1.82, 2.24) is 4.98 Å². The van der Waals surface area contributed by atoms with Gasteiger partial charge in [-0.2, -0.15) is 4.39 Å². The fourth-order valence-electron chi connectivity index (χ4n) is 0.568. The lowest BCUT2D eigenvalue weighted by atomic mass is 10.5. The van der Waals surface area contributed by atoms with Crippen LogP contribution in [0.25, 0.3) is 0 Å². The van der Waals surface area contributed by atoms with Crippen LogP contribution in [0.1, 0.15) is 0 Å². The zero-order valence-corrected chi connectivity index (χ0v) is 8.62. The highest BCUT2D eigenvalue weighted by Gasteiger charge is 2.13. The van der Waals surface area contributed by atoms with Crippen molar-refractivity contribution in [3.05, 3.63) is 22.6 Å². The summed E-state index contributed by atoms with van der Waals surface area (Å²) in [6.07, 6.45) is 0. The molecule has 12 heavy (non-hydrogen) atoms. The summed E-state index contributed by atoms with van der Waals surface area (Å²) in [6, 6.07) is 2.15. The molecule has 0 aliphatic rings. The van der Waals surface area contributed by atoms with Crippen LogP contribution in [0.4, 0.5) is 4.39 Å². The molecule has 0 spiro atoms. The fourth-order valence-corrected chi connectivity index (χ4v) is 1.83. The Morgan fingerprint density at radius 2 is 2.08 bits per heavy atom. The molecule has 3 nitrogen and oxygen atoms in total. The van der Waals surface area contributed by atoms with Crippen LogP contribution < -0.4 is 0 Å². The van der Waals surface area contributed by atoms with Gasteiger partial charge in [0.15, 0.2) is 5.03 Å². The third-order valence-corrected chi connectivity index (χ3v) is 2.63. The van der Waals surface area contributed by atoms with E-state index in [-0.39, 0.29) is 4.47 Å². The molecule has 1 aromatic rings. The van der Waals surface area contributed by atoms with Gasteiger partial charge in [0.1, 0.15) is 0 Å². The van der Waals surface area contributed by atoms with Gasteiger partial charge in [0.2, 0.25) is 5.95 Å². The summed E-state index contributed by atoms with van der Waals surface area (Å²) in [7, 11) is 0.968. The first-order valence-corrected chi connectivity index (χ1v) is 5.77. The van der Waals surface area contributed by atoms with Crippen LogP contribution in [0.15, 0.2) is 21.6 Å². The molecule has 1 aromatic heterocycles. The molecule has 0 aliphatic heterocycles. The second-order valence-electron chi connectivity index (χ2n) is 1.88. The van der Waals surface area contributed by atoms with Gasteiger partial charge in [0.05, 0.1) is 0 Å². The van der Waals surface area contributed by atoms with Gasteiger partial charge in [0.25, 0.3) is 9.05 Å². The first-order valence-electron chi connectivity index (χ1n) is 2.67. The van der Waals surface area contributed by atoms with E-state index in [1.165, 1.54) is 0 Å². The van der Waals surface area contributed by atoms with E-state index in [1.54, 1.807) is 0 Å². The zero-order chi connectivity index (χ0) is 9.35. The van der Waals surface area contributed by atoms with E-state index in [9.17, 15) is 12.8 Å². The molecule has 0 radical (unpaired) electrons. The summed E-state index contributed by atoms with van der Waals surface area (Å²) >= 11 is 2.90. The number of pyridine rings is 1. The van der Waals surface area contributed by atoms with Crippen molar-refractivity contribution in [1.29, 1.82) is 0 Å². The van der Waals surface area contributed by atoms with Gasteiger partial charge in [-0.05, 0) is 6.07 Å². The topological polar surface area (TPSA) is 47.0 Å². The lowest BCUT2D eigenvalue weighted by molar-refractivity contribution is 0.560. The maximum Gasteiger partial charge on any atom is 0.278 e. The van der Waals surface area contributed by atoms with Crippen molar-refractivity contribution >= 4 is 35.7 Å². The molecular formula is C5H2BrClFNO2S. The molecule has 0 atom stereocenters.